The lowest BCUT2D eigenvalue weighted by atomic mass is 9.97. The largest absolute Gasteiger partial charge is 0.481 e. The second kappa shape index (κ2) is 7.97. The maximum atomic E-state index is 13.5. The van der Waals surface area contributed by atoms with Crippen LogP contribution < -0.4 is 10.6 Å². The minimum Gasteiger partial charge on any atom is -0.481 e. The third kappa shape index (κ3) is 6.12. The standard InChI is InChI=1S/C14H18BrFN2O3/c1-8(2)5-9(13(19)20)7-17-14(21)18-12-4-3-10(15)6-11(12)16/h3-4,6,8-9H,5,7H2,1-2H3,(H,19,20)(H2,17,18,21). The Kier molecular flexibility index (Phi) is 6.61. The van der Waals surface area contributed by atoms with Gasteiger partial charge >= 0.3 is 12.0 Å². The van der Waals surface area contributed by atoms with Crippen molar-refractivity contribution in [1.29, 1.82) is 0 Å². The van der Waals surface area contributed by atoms with Gasteiger partial charge in [0.05, 0.1) is 11.6 Å². The average Bonchev–Trinajstić information content (AvgIpc) is 2.37. The first-order valence-corrected chi connectivity index (χ1v) is 7.31. The number of carbonyl (C=O) groups excluding carboxylic acids is 1. The van der Waals surface area contributed by atoms with Crippen LogP contribution in [0.2, 0.25) is 0 Å². The van der Waals surface area contributed by atoms with Gasteiger partial charge in [0, 0.05) is 11.0 Å². The molecule has 1 unspecified atom stereocenters. The summed E-state index contributed by atoms with van der Waals surface area (Å²) in [6.07, 6.45) is 0.461. The fourth-order valence-electron chi connectivity index (χ4n) is 1.81. The van der Waals surface area contributed by atoms with E-state index in [0.717, 1.165) is 0 Å². The first-order chi connectivity index (χ1) is 9.79. The molecule has 2 amide bonds. The highest BCUT2D eigenvalue weighted by Gasteiger charge is 2.19. The summed E-state index contributed by atoms with van der Waals surface area (Å²) < 4.78 is 14.1. The van der Waals surface area contributed by atoms with Crippen molar-refractivity contribution in [2.24, 2.45) is 11.8 Å². The minimum atomic E-state index is -0.959. The van der Waals surface area contributed by atoms with Crippen LogP contribution in [0, 0.1) is 17.7 Å². The van der Waals surface area contributed by atoms with E-state index in [0.29, 0.717) is 10.9 Å². The van der Waals surface area contributed by atoms with Gasteiger partial charge in [0.15, 0.2) is 0 Å². The van der Waals surface area contributed by atoms with Gasteiger partial charge in [0.25, 0.3) is 0 Å². The lowest BCUT2D eigenvalue weighted by molar-refractivity contribution is -0.142. The number of carbonyl (C=O) groups is 2. The van der Waals surface area contributed by atoms with Crippen molar-refractivity contribution in [2.75, 3.05) is 11.9 Å². The summed E-state index contributed by atoms with van der Waals surface area (Å²) in [7, 11) is 0. The zero-order valence-corrected chi connectivity index (χ0v) is 13.4. The number of carboxylic acids is 1. The molecule has 0 fully saturated rings. The van der Waals surface area contributed by atoms with Gasteiger partial charge in [-0.15, -0.1) is 0 Å². The lowest BCUT2D eigenvalue weighted by Gasteiger charge is -2.16. The van der Waals surface area contributed by atoms with E-state index in [4.69, 9.17) is 5.11 Å². The number of hydrogen-bond donors (Lipinski definition) is 3. The van der Waals surface area contributed by atoms with Gasteiger partial charge < -0.3 is 15.7 Å². The third-order valence-corrected chi connectivity index (χ3v) is 3.29. The van der Waals surface area contributed by atoms with Gasteiger partial charge in [-0.2, -0.15) is 0 Å². The van der Waals surface area contributed by atoms with Crippen molar-refractivity contribution in [3.05, 3.63) is 28.5 Å². The average molecular weight is 361 g/mol. The summed E-state index contributed by atoms with van der Waals surface area (Å²) >= 11 is 3.12. The molecule has 7 heteroatoms. The molecule has 5 nitrogen and oxygen atoms in total. The molecule has 0 aliphatic carbocycles. The number of rotatable bonds is 6. The number of aliphatic carboxylic acids is 1. The molecule has 0 aliphatic heterocycles. The molecule has 1 rings (SSSR count). The van der Waals surface area contributed by atoms with Gasteiger partial charge in [0.2, 0.25) is 0 Å². The van der Waals surface area contributed by atoms with E-state index < -0.39 is 23.7 Å². The van der Waals surface area contributed by atoms with Crippen LogP contribution in [-0.2, 0) is 4.79 Å². The Morgan fingerprint density at radius 2 is 2.05 bits per heavy atom. The van der Waals surface area contributed by atoms with Crippen LogP contribution in [0.5, 0.6) is 0 Å². The summed E-state index contributed by atoms with van der Waals surface area (Å²) in [5.41, 5.74) is 0.0337. The fourth-order valence-corrected chi connectivity index (χ4v) is 2.15. The Morgan fingerprint density at radius 3 is 2.57 bits per heavy atom. The van der Waals surface area contributed by atoms with E-state index >= 15 is 0 Å². The topological polar surface area (TPSA) is 78.4 Å². The highest BCUT2D eigenvalue weighted by molar-refractivity contribution is 9.10. The zero-order valence-electron chi connectivity index (χ0n) is 11.8. The van der Waals surface area contributed by atoms with Crippen molar-refractivity contribution in [2.45, 2.75) is 20.3 Å². The molecule has 0 spiro atoms. The molecule has 0 aliphatic rings. The molecule has 1 aromatic carbocycles. The number of halogens is 2. The van der Waals surface area contributed by atoms with Crippen molar-refractivity contribution >= 4 is 33.6 Å². The molecule has 0 heterocycles. The summed E-state index contributed by atoms with van der Waals surface area (Å²) in [6, 6.07) is 3.61. The van der Waals surface area contributed by atoms with Crippen molar-refractivity contribution in [3.63, 3.8) is 0 Å². The third-order valence-electron chi connectivity index (χ3n) is 2.79. The van der Waals surface area contributed by atoms with Crippen LogP contribution >= 0.6 is 15.9 Å². The molecule has 21 heavy (non-hydrogen) atoms. The van der Waals surface area contributed by atoms with E-state index in [9.17, 15) is 14.0 Å². The Balaban J connectivity index is 2.54. The molecule has 0 aromatic heterocycles. The second-order valence-electron chi connectivity index (χ2n) is 5.12. The lowest BCUT2D eigenvalue weighted by Crippen LogP contribution is -2.36. The monoisotopic (exact) mass is 360 g/mol. The maximum absolute atomic E-state index is 13.5. The van der Waals surface area contributed by atoms with Gasteiger partial charge in [-0.3, -0.25) is 4.79 Å². The second-order valence-corrected chi connectivity index (χ2v) is 6.04. The van der Waals surface area contributed by atoms with Crippen LogP contribution in [-0.4, -0.2) is 23.7 Å². The molecule has 1 atom stereocenters. The molecule has 116 valence electrons. The number of amides is 2. The zero-order chi connectivity index (χ0) is 16.0. The highest BCUT2D eigenvalue weighted by atomic mass is 79.9. The van der Waals surface area contributed by atoms with Gasteiger partial charge in [-0.05, 0) is 30.5 Å². The molecule has 0 saturated heterocycles. The van der Waals surface area contributed by atoms with E-state index in [-0.39, 0.29) is 18.2 Å². The van der Waals surface area contributed by atoms with Crippen LogP contribution in [0.4, 0.5) is 14.9 Å². The molecular weight excluding hydrogens is 343 g/mol. The number of anilines is 1. The predicted octanol–water partition coefficient (Wildman–Crippen LogP) is 3.46. The van der Waals surface area contributed by atoms with E-state index in [1.165, 1.54) is 12.1 Å². The molecule has 0 saturated carbocycles. The van der Waals surface area contributed by atoms with E-state index in [1.54, 1.807) is 6.07 Å². The quantitative estimate of drug-likeness (QED) is 0.726. The minimum absolute atomic E-state index is 0.00249. The smallest absolute Gasteiger partial charge is 0.319 e. The summed E-state index contributed by atoms with van der Waals surface area (Å²) in [5, 5.41) is 13.9. The Labute approximate surface area is 131 Å². The number of hydrogen-bond acceptors (Lipinski definition) is 2. The Hall–Kier alpha value is -1.63. The van der Waals surface area contributed by atoms with Gasteiger partial charge in [-0.1, -0.05) is 29.8 Å². The van der Waals surface area contributed by atoms with Crippen LogP contribution in [0.3, 0.4) is 0 Å². The molecule has 0 radical (unpaired) electrons. The van der Waals surface area contributed by atoms with Gasteiger partial charge in [-0.25, -0.2) is 9.18 Å². The van der Waals surface area contributed by atoms with Crippen LogP contribution in [0.1, 0.15) is 20.3 Å². The Morgan fingerprint density at radius 1 is 1.38 bits per heavy atom. The molecule has 0 bridgehead atoms. The number of carboxylic acid groups (broad SMARTS) is 1. The molecule has 3 N–H and O–H groups in total. The summed E-state index contributed by atoms with van der Waals surface area (Å²) in [6.45, 7) is 3.82. The normalized spacial score (nSPS) is 12.0. The number of nitrogens with one attached hydrogen (secondary N) is 2. The number of benzene rings is 1. The number of urea groups is 1. The Bertz CT molecular complexity index is 523. The molecular formula is C14H18BrFN2O3. The highest BCUT2D eigenvalue weighted by Crippen LogP contribution is 2.19. The van der Waals surface area contributed by atoms with Crippen LogP contribution in [0.15, 0.2) is 22.7 Å². The fraction of sp³-hybridized carbons (Fsp3) is 0.429. The van der Waals surface area contributed by atoms with Crippen molar-refractivity contribution in [1.82, 2.24) is 5.32 Å². The predicted molar refractivity (Wildman–Crippen MR) is 81.7 cm³/mol. The first-order valence-electron chi connectivity index (χ1n) is 6.52. The SMILES string of the molecule is CC(C)CC(CNC(=O)Nc1ccc(Br)cc1F)C(=O)O. The van der Waals surface area contributed by atoms with Crippen molar-refractivity contribution < 1.29 is 19.1 Å². The summed E-state index contributed by atoms with van der Waals surface area (Å²) in [5.74, 6) is -1.99. The van der Waals surface area contributed by atoms with E-state index in [2.05, 4.69) is 26.6 Å². The van der Waals surface area contributed by atoms with Crippen LogP contribution in [0.25, 0.3) is 0 Å². The van der Waals surface area contributed by atoms with E-state index in [1.807, 2.05) is 13.8 Å². The maximum Gasteiger partial charge on any atom is 0.319 e. The first kappa shape index (κ1) is 17.4. The molecule has 1 aromatic rings. The van der Waals surface area contributed by atoms with Gasteiger partial charge in [0.1, 0.15) is 5.82 Å². The van der Waals surface area contributed by atoms with Crippen molar-refractivity contribution in [3.8, 4) is 0 Å². The summed E-state index contributed by atoms with van der Waals surface area (Å²) in [4.78, 5) is 22.7.